The van der Waals surface area contributed by atoms with Crippen LogP contribution in [-0.2, 0) is 9.47 Å². The molecule has 1 aromatic rings. The Bertz CT molecular complexity index is 834. The van der Waals surface area contributed by atoms with Gasteiger partial charge in [0.15, 0.2) is 11.4 Å². The molecule has 7 heteroatoms. The summed E-state index contributed by atoms with van der Waals surface area (Å²) in [7, 11) is 1.58. The number of fused-ring (bicyclic) bond motifs is 2. The van der Waals surface area contributed by atoms with Crippen molar-refractivity contribution >= 4 is 5.78 Å². The van der Waals surface area contributed by atoms with E-state index in [1.807, 2.05) is 18.2 Å². The van der Waals surface area contributed by atoms with Gasteiger partial charge < -0.3 is 18.7 Å². The molecule has 0 aromatic carbocycles. The van der Waals surface area contributed by atoms with Gasteiger partial charge in [0.2, 0.25) is 5.78 Å². The second-order valence-electron chi connectivity index (χ2n) is 7.70. The van der Waals surface area contributed by atoms with Crippen LogP contribution in [0.25, 0.3) is 0 Å². The topological polar surface area (TPSA) is 74.0 Å². The molecule has 1 fully saturated rings. The van der Waals surface area contributed by atoms with Crippen molar-refractivity contribution in [2.45, 2.75) is 43.9 Å². The Labute approximate surface area is 171 Å². The summed E-state index contributed by atoms with van der Waals surface area (Å²) in [6.07, 6.45) is 7.99. The fourth-order valence-corrected chi connectivity index (χ4v) is 4.86. The lowest BCUT2D eigenvalue weighted by molar-refractivity contribution is -0.0340. The lowest BCUT2D eigenvalue weighted by Crippen LogP contribution is -2.54. The highest BCUT2D eigenvalue weighted by molar-refractivity contribution is 6.09. The summed E-state index contributed by atoms with van der Waals surface area (Å²) < 4.78 is 23.4. The first kappa shape index (κ1) is 19.9. The summed E-state index contributed by atoms with van der Waals surface area (Å²) >= 11 is 0. The van der Waals surface area contributed by atoms with Crippen LogP contribution >= 0.6 is 0 Å². The van der Waals surface area contributed by atoms with E-state index in [-0.39, 0.29) is 29.7 Å². The van der Waals surface area contributed by atoms with Crippen molar-refractivity contribution in [3.05, 3.63) is 48.5 Å². The first-order valence-electron chi connectivity index (χ1n) is 10.2. The summed E-state index contributed by atoms with van der Waals surface area (Å²) in [5.41, 5.74) is -0.794. The Morgan fingerprint density at radius 1 is 1.38 bits per heavy atom. The maximum atomic E-state index is 13.8. The van der Waals surface area contributed by atoms with Crippen molar-refractivity contribution in [2.75, 3.05) is 26.8 Å². The molecular weight excluding hydrogens is 372 g/mol. The van der Waals surface area contributed by atoms with E-state index in [1.165, 1.54) is 0 Å². The van der Waals surface area contributed by atoms with Crippen LogP contribution in [0.3, 0.4) is 0 Å². The molecule has 4 rings (SSSR count). The monoisotopic (exact) mass is 400 g/mol. The van der Waals surface area contributed by atoms with Crippen LogP contribution in [0.4, 0.5) is 0 Å². The van der Waals surface area contributed by atoms with E-state index in [4.69, 9.17) is 18.7 Å². The summed E-state index contributed by atoms with van der Waals surface area (Å²) in [6.45, 7) is 11.5. The van der Waals surface area contributed by atoms with Crippen molar-refractivity contribution in [1.82, 2.24) is 10.1 Å². The number of rotatable bonds is 10. The number of nitrogens with zero attached hydrogens (tertiary/aromatic N) is 2. The van der Waals surface area contributed by atoms with Crippen LogP contribution in [0.2, 0.25) is 0 Å². The predicted octanol–water partition coefficient (Wildman–Crippen LogP) is 3.45. The van der Waals surface area contributed by atoms with Crippen molar-refractivity contribution in [3.8, 4) is 5.88 Å². The van der Waals surface area contributed by atoms with Gasteiger partial charge in [-0.15, -0.1) is 13.2 Å². The molecule has 1 saturated heterocycles. The van der Waals surface area contributed by atoms with E-state index in [2.05, 4.69) is 30.1 Å². The fourth-order valence-electron chi connectivity index (χ4n) is 4.86. The number of hydrogen-bond donors (Lipinski definition) is 0. The van der Waals surface area contributed by atoms with Gasteiger partial charge in [0.25, 0.3) is 5.88 Å². The van der Waals surface area contributed by atoms with Crippen molar-refractivity contribution < 1.29 is 23.5 Å². The number of hydrogen-bond acceptors (Lipinski definition) is 7. The zero-order valence-electron chi connectivity index (χ0n) is 17.1. The van der Waals surface area contributed by atoms with Gasteiger partial charge in [-0.1, -0.05) is 25.5 Å². The SMILES string of the molecule is C=CCN(CC=C)[C@@H]1c2onc(OCCCC)c2C(=O)[C@@]23O[C@@H](C=C2OC)CC13. The molecule has 0 radical (unpaired) electrons. The lowest BCUT2D eigenvalue weighted by Gasteiger charge is -2.43. The van der Waals surface area contributed by atoms with Gasteiger partial charge in [0, 0.05) is 19.0 Å². The quantitative estimate of drug-likeness (QED) is 0.440. The Morgan fingerprint density at radius 3 is 2.79 bits per heavy atom. The lowest BCUT2D eigenvalue weighted by atomic mass is 9.67. The number of aromatic nitrogens is 1. The minimum absolute atomic E-state index is 0.149. The summed E-state index contributed by atoms with van der Waals surface area (Å²) in [5.74, 6) is 1.00. The molecule has 0 saturated carbocycles. The van der Waals surface area contributed by atoms with E-state index in [9.17, 15) is 4.79 Å². The maximum absolute atomic E-state index is 13.8. The third kappa shape index (κ3) is 2.87. The molecular formula is C22H28N2O5. The molecule has 3 aliphatic rings. The van der Waals surface area contributed by atoms with Gasteiger partial charge in [0.05, 0.1) is 25.9 Å². The van der Waals surface area contributed by atoms with Crippen LogP contribution in [-0.4, -0.2) is 54.4 Å². The second kappa shape index (κ2) is 7.80. The van der Waals surface area contributed by atoms with E-state index in [0.29, 0.717) is 43.2 Å². The number of ether oxygens (including phenoxy) is 3. The Hall–Kier alpha value is -2.38. The molecule has 1 unspecified atom stereocenters. The highest BCUT2D eigenvalue weighted by Crippen LogP contribution is 2.59. The normalized spacial score (nSPS) is 29.4. The summed E-state index contributed by atoms with van der Waals surface area (Å²) in [5, 5.41) is 4.12. The molecule has 0 amide bonds. The van der Waals surface area contributed by atoms with Crippen molar-refractivity contribution in [2.24, 2.45) is 5.92 Å². The number of Topliss-reactive ketones (excluding diaryl/α,β-unsaturated/α-hetero) is 1. The average Bonchev–Trinajstić information content (AvgIpc) is 3.40. The largest absolute Gasteiger partial charge is 0.498 e. The second-order valence-corrected chi connectivity index (χ2v) is 7.70. The van der Waals surface area contributed by atoms with Crippen molar-refractivity contribution in [1.29, 1.82) is 0 Å². The third-order valence-corrected chi connectivity index (χ3v) is 6.03. The summed E-state index contributed by atoms with van der Waals surface area (Å²) in [6, 6.07) is -0.224. The Balaban J connectivity index is 1.83. The third-order valence-electron chi connectivity index (χ3n) is 6.03. The maximum Gasteiger partial charge on any atom is 0.265 e. The molecule has 4 atom stereocenters. The van der Waals surface area contributed by atoms with Crippen LogP contribution in [0.5, 0.6) is 5.88 Å². The van der Waals surface area contributed by atoms with E-state index < -0.39 is 5.60 Å². The minimum atomic E-state index is -1.16. The molecule has 156 valence electrons. The zero-order valence-corrected chi connectivity index (χ0v) is 17.1. The van der Waals surface area contributed by atoms with Crippen LogP contribution in [0, 0.1) is 5.92 Å². The fraction of sp³-hybridized carbons (Fsp3) is 0.545. The molecule has 1 aromatic heterocycles. The van der Waals surface area contributed by atoms with Gasteiger partial charge in [-0.25, -0.2) is 0 Å². The standard InChI is InChI=1S/C22H28N2O5/c1-5-8-11-27-21-17-19(29-23-21)18(24(9-6-2)10-7-3)15-12-14-13-16(26-4)22(15,28-14)20(17)25/h6-7,13-15,18H,2-3,5,8-12H2,1,4H3/t14-,15?,18+,22+/m1/s1. The molecule has 1 aliphatic carbocycles. The first-order chi connectivity index (χ1) is 14.1. The van der Waals surface area contributed by atoms with Crippen LogP contribution < -0.4 is 4.74 Å². The molecule has 2 bridgehead atoms. The molecule has 1 spiro atoms. The number of ketones is 1. The molecule has 29 heavy (non-hydrogen) atoms. The molecule has 2 aliphatic heterocycles. The number of carbonyl (C=O) groups is 1. The Kier molecular flexibility index (Phi) is 5.36. The molecule has 0 N–H and O–H groups in total. The number of unbranched alkanes of at least 4 members (excludes halogenated alkanes) is 1. The van der Waals surface area contributed by atoms with Gasteiger partial charge in [-0.2, -0.15) is 0 Å². The van der Waals surface area contributed by atoms with Crippen molar-refractivity contribution in [3.63, 3.8) is 0 Å². The Morgan fingerprint density at radius 2 is 2.14 bits per heavy atom. The van der Waals surface area contributed by atoms with Gasteiger partial charge >= 0.3 is 0 Å². The number of methoxy groups -OCH3 is 1. The van der Waals surface area contributed by atoms with E-state index >= 15 is 0 Å². The zero-order chi connectivity index (χ0) is 20.6. The van der Waals surface area contributed by atoms with E-state index in [0.717, 1.165) is 12.8 Å². The summed E-state index contributed by atoms with van der Waals surface area (Å²) in [4.78, 5) is 15.9. The minimum Gasteiger partial charge on any atom is -0.498 e. The first-order valence-corrected chi connectivity index (χ1v) is 10.2. The smallest absolute Gasteiger partial charge is 0.265 e. The average molecular weight is 400 g/mol. The molecule has 3 heterocycles. The van der Waals surface area contributed by atoms with Gasteiger partial charge in [0.1, 0.15) is 11.3 Å². The van der Waals surface area contributed by atoms with Crippen LogP contribution in [0.1, 0.15) is 48.3 Å². The van der Waals surface area contributed by atoms with E-state index in [1.54, 1.807) is 7.11 Å². The molecule has 7 nitrogen and oxygen atoms in total. The highest BCUT2D eigenvalue weighted by Gasteiger charge is 2.68. The van der Waals surface area contributed by atoms with Crippen LogP contribution in [0.15, 0.2) is 41.7 Å². The number of carbonyl (C=O) groups excluding carboxylic acids is 1. The highest BCUT2D eigenvalue weighted by atomic mass is 16.6. The predicted molar refractivity (Wildman–Crippen MR) is 107 cm³/mol. The van der Waals surface area contributed by atoms with Gasteiger partial charge in [-0.3, -0.25) is 9.69 Å². The van der Waals surface area contributed by atoms with Gasteiger partial charge in [-0.05, 0) is 24.1 Å².